The van der Waals surface area contributed by atoms with Crippen LogP contribution in [0, 0.1) is 6.92 Å². The minimum absolute atomic E-state index is 0.253. The Morgan fingerprint density at radius 2 is 1.71 bits per heavy atom. The van der Waals surface area contributed by atoms with Crippen molar-refractivity contribution >= 4 is 5.78 Å². The van der Waals surface area contributed by atoms with Gasteiger partial charge in [0.05, 0.1) is 0 Å². The van der Waals surface area contributed by atoms with Crippen molar-refractivity contribution in [2.24, 2.45) is 0 Å². The van der Waals surface area contributed by atoms with Crippen LogP contribution in [0.4, 0.5) is 0 Å². The second kappa shape index (κ2) is 6.71. The molecular formula is C18H28N2O. The highest BCUT2D eigenvalue weighted by atomic mass is 16.1. The number of nitrogens with zero attached hydrogens (tertiary/aromatic N) is 2. The van der Waals surface area contributed by atoms with Gasteiger partial charge in [-0.25, -0.2) is 0 Å². The Balaban J connectivity index is 1.80. The van der Waals surface area contributed by atoms with Crippen LogP contribution in [0.3, 0.4) is 0 Å². The quantitative estimate of drug-likeness (QED) is 0.796. The molecule has 21 heavy (non-hydrogen) atoms. The molecular weight excluding hydrogens is 260 g/mol. The zero-order valence-corrected chi connectivity index (χ0v) is 13.9. The average molecular weight is 288 g/mol. The number of Topliss-reactive ketones (excluding diaryl/α,β-unsaturated/α-hetero) is 1. The van der Waals surface area contributed by atoms with Crippen molar-refractivity contribution in [2.45, 2.75) is 39.7 Å². The fraction of sp³-hybridized carbons (Fsp3) is 0.611. The van der Waals surface area contributed by atoms with E-state index in [1.807, 2.05) is 31.2 Å². The number of hydrogen-bond donors (Lipinski definition) is 0. The lowest BCUT2D eigenvalue weighted by Crippen LogP contribution is -2.53. The molecule has 1 aromatic rings. The van der Waals surface area contributed by atoms with Gasteiger partial charge in [-0.05, 0) is 33.3 Å². The number of rotatable bonds is 4. The van der Waals surface area contributed by atoms with Crippen LogP contribution >= 0.6 is 0 Å². The third-order valence-corrected chi connectivity index (χ3v) is 4.42. The van der Waals surface area contributed by atoms with Gasteiger partial charge in [-0.3, -0.25) is 9.69 Å². The van der Waals surface area contributed by atoms with Crippen LogP contribution in [-0.4, -0.2) is 53.8 Å². The van der Waals surface area contributed by atoms with E-state index in [2.05, 4.69) is 30.6 Å². The normalized spacial score (nSPS) is 17.9. The molecule has 1 heterocycles. The molecule has 0 aliphatic carbocycles. The summed E-state index contributed by atoms with van der Waals surface area (Å²) in [6.45, 7) is 14.0. The first-order valence-corrected chi connectivity index (χ1v) is 7.94. The van der Waals surface area contributed by atoms with Crippen molar-refractivity contribution in [3.8, 4) is 0 Å². The van der Waals surface area contributed by atoms with Crippen LogP contribution in [0.2, 0.25) is 0 Å². The van der Waals surface area contributed by atoms with Crippen LogP contribution in [0.5, 0.6) is 0 Å². The van der Waals surface area contributed by atoms with Gasteiger partial charge in [0.2, 0.25) is 0 Å². The zero-order chi connectivity index (χ0) is 15.5. The Morgan fingerprint density at radius 3 is 2.29 bits per heavy atom. The monoisotopic (exact) mass is 288 g/mol. The first-order chi connectivity index (χ1) is 9.88. The lowest BCUT2D eigenvalue weighted by molar-refractivity contribution is 0.0602. The summed E-state index contributed by atoms with van der Waals surface area (Å²) in [5.41, 5.74) is 2.22. The highest BCUT2D eigenvalue weighted by Gasteiger charge is 2.25. The molecule has 0 amide bonds. The fourth-order valence-corrected chi connectivity index (χ4v) is 2.92. The first-order valence-electron chi connectivity index (χ1n) is 7.94. The van der Waals surface area contributed by atoms with Crippen LogP contribution < -0.4 is 0 Å². The van der Waals surface area contributed by atoms with Gasteiger partial charge in [0.25, 0.3) is 0 Å². The maximum atomic E-state index is 12.3. The predicted octanol–water partition coefficient (Wildman–Crippen LogP) is 2.98. The Hall–Kier alpha value is -1.19. The summed E-state index contributed by atoms with van der Waals surface area (Å²) in [6.07, 6.45) is 0.625. The summed E-state index contributed by atoms with van der Waals surface area (Å²) >= 11 is 0. The van der Waals surface area contributed by atoms with E-state index in [0.29, 0.717) is 6.42 Å². The molecule has 1 aromatic carbocycles. The van der Waals surface area contributed by atoms with E-state index in [-0.39, 0.29) is 11.3 Å². The van der Waals surface area contributed by atoms with E-state index < -0.39 is 0 Å². The van der Waals surface area contributed by atoms with E-state index in [1.165, 1.54) is 0 Å². The Morgan fingerprint density at radius 1 is 1.10 bits per heavy atom. The standard InChI is InChI=1S/C18H28N2O/c1-15-7-5-6-8-16(15)17(21)9-10-19-11-13-20(14-12-19)18(2,3)4/h5-8H,9-14H2,1-4H3. The third-order valence-electron chi connectivity index (χ3n) is 4.42. The summed E-state index contributed by atoms with van der Waals surface area (Å²) in [6, 6.07) is 7.88. The number of aryl methyl sites for hydroxylation is 1. The first kappa shape index (κ1) is 16.2. The minimum atomic E-state index is 0.253. The predicted molar refractivity (Wildman–Crippen MR) is 87.9 cm³/mol. The summed E-state index contributed by atoms with van der Waals surface area (Å²) in [4.78, 5) is 17.2. The minimum Gasteiger partial charge on any atom is -0.300 e. The second-order valence-corrected chi connectivity index (χ2v) is 6.99. The number of carbonyl (C=O) groups excluding carboxylic acids is 1. The average Bonchev–Trinajstić information content (AvgIpc) is 2.45. The number of hydrogen-bond acceptors (Lipinski definition) is 3. The van der Waals surface area contributed by atoms with E-state index in [9.17, 15) is 4.79 Å². The SMILES string of the molecule is Cc1ccccc1C(=O)CCN1CCN(C(C)(C)C)CC1. The Kier molecular flexibility index (Phi) is 5.17. The zero-order valence-electron chi connectivity index (χ0n) is 13.9. The summed E-state index contributed by atoms with van der Waals surface area (Å²) in [5.74, 6) is 0.270. The largest absolute Gasteiger partial charge is 0.300 e. The molecule has 3 nitrogen and oxygen atoms in total. The van der Waals surface area contributed by atoms with Gasteiger partial charge in [0.1, 0.15) is 0 Å². The smallest absolute Gasteiger partial charge is 0.164 e. The van der Waals surface area contributed by atoms with Gasteiger partial charge >= 0.3 is 0 Å². The lowest BCUT2D eigenvalue weighted by atomic mass is 10.0. The van der Waals surface area contributed by atoms with Crippen LogP contribution in [0.1, 0.15) is 43.1 Å². The van der Waals surface area contributed by atoms with Gasteiger partial charge in [0.15, 0.2) is 5.78 Å². The number of piperazine rings is 1. The number of ketones is 1. The number of carbonyl (C=O) groups is 1. The molecule has 0 unspecified atom stereocenters. The van der Waals surface area contributed by atoms with Gasteiger partial charge in [0, 0.05) is 50.2 Å². The van der Waals surface area contributed by atoms with Gasteiger partial charge in [-0.1, -0.05) is 24.3 Å². The Labute approximate surface area is 128 Å². The molecule has 0 atom stereocenters. The highest BCUT2D eigenvalue weighted by Crippen LogP contribution is 2.16. The maximum Gasteiger partial charge on any atom is 0.164 e. The van der Waals surface area contributed by atoms with Crippen molar-refractivity contribution < 1.29 is 4.79 Å². The highest BCUT2D eigenvalue weighted by molar-refractivity contribution is 5.97. The molecule has 116 valence electrons. The summed E-state index contributed by atoms with van der Waals surface area (Å²) in [5, 5.41) is 0. The maximum absolute atomic E-state index is 12.3. The van der Waals surface area contributed by atoms with Crippen LogP contribution in [0.15, 0.2) is 24.3 Å². The molecule has 0 radical (unpaired) electrons. The van der Waals surface area contributed by atoms with Crippen molar-refractivity contribution in [1.29, 1.82) is 0 Å². The van der Waals surface area contributed by atoms with Crippen molar-refractivity contribution in [3.05, 3.63) is 35.4 Å². The van der Waals surface area contributed by atoms with E-state index in [4.69, 9.17) is 0 Å². The molecule has 0 saturated carbocycles. The van der Waals surface area contributed by atoms with E-state index in [0.717, 1.165) is 43.9 Å². The summed E-state index contributed by atoms with van der Waals surface area (Å²) in [7, 11) is 0. The summed E-state index contributed by atoms with van der Waals surface area (Å²) < 4.78 is 0. The van der Waals surface area contributed by atoms with Crippen molar-refractivity contribution in [1.82, 2.24) is 9.80 Å². The molecule has 1 saturated heterocycles. The van der Waals surface area contributed by atoms with Crippen molar-refractivity contribution in [3.63, 3.8) is 0 Å². The molecule has 3 heteroatoms. The molecule has 2 rings (SSSR count). The lowest BCUT2D eigenvalue weighted by Gasteiger charge is -2.42. The van der Waals surface area contributed by atoms with Gasteiger partial charge < -0.3 is 4.90 Å². The Bertz CT molecular complexity index is 482. The molecule has 0 spiro atoms. The van der Waals surface area contributed by atoms with Crippen LogP contribution in [-0.2, 0) is 0 Å². The van der Waals surface area contributed by atoms with Gasteiger partial charge in [-0.2, -0.15) is 0 Å². The topological polar surface area (TPSA) is 23.6 Å². The van der Waals surface area contributed by atoms with E-state index in [1.54, 1.807) is 0 Å². The number of benzene rings is 1. The fourth-order valence-electron chi connectivity index (χ4n) is 2.92. The van der Waals surface area contributed by atoms with E-state index >= 15 is 0 Å². The van der Waals surface area contributed by atoms with Crippen LogP contribution in [0.25, 0.3) is 0 Å². The molecule has 1 aliphatic heterocycles. The third kappa shape index (κ3) is 4.39. The second-order valence-electron chi connectivity index (χ2n) is 6.99. The molecule has 1 aliphatic rings. The molecule has 0 aromatic heterocycles. The van der Waals surface area contributed by atoms with Crippen molar-refractivity contribution in [2.75, 3.05) is 32.7 Å². The molecule has 0 bridgehead atoms. The van der Waals surface area contributed by atoms with Gasteiger partial charge in [-0.15, -0.1) is 0 Å². The molecule has 1 fully saturated rings. The molecule has 0 N–H and O–H groups in total.